The lowest BCUT2D eigenvalue weighted by Gasteiger charge is -2.07. The molecule has 2 aromatic heterocycles. The number of anilines is 2. The number of hydrogen-bond donors (Lipinski definition) is 3. The molecule has 23 heavy (non-hydrogen) atoms. The molecule has 0 aliphatic carbocycles. The van der Waals surface area contributed by atoms with Crippen LogP contribution in [-0.2, 0) is 0 Å². The molecular formula is C15H15N7O. The maximum absolute atomic E-state index is 12.2. The highest BCUT2D eigenvalue weighted by molar-refractivity contribution is 6.02. The van der Waals surface area contributed by atoms with E-state index in [1.165, 1.54) is 0 Å². The van der Waals surface area contributed by atoms with E-state index >= 15 is 0 Å². The molecule has 3 rings (SSSR count). The van der Waals surface area contributed by atoms with Gasteiger partial charge in [-0.2, -0.15) is 5.21 Å². The number of carbonyl (C=O) groups excluding carboxylic acids is 1. The summed E-state index contributed by atoms with van der Waals surface area (Å²) in [7, 11) is 1.86. The van der Waals surface area contributed by atoms with Gasteiger partial charge in [0.25, 0.3) is 11.9 Å². The van der Waals surface area contributed by atoms with Gasteiger partial charge in [0.2, 0.25) is 0 Å². The van der Waals surface area contributed by atoms with Crippen molar-refractivity contribution in [2.75, 3.05) is 17.7 Å². The van der Waals surface area contributed by atoms with E-state index in [0.717, 1.165) is 22.5 Å². The highest BCUT2D eigenvalue weighted by Crippen LogP contribution is 2.21. The van der Waals surface area contributed by atoms with Crippen molar-refractivity contribution < 1.29 is 4.79 Å². The second-order valence-electron chi connectivity index (χ2n) is 4.93. The number of amides is 1. The number of rotatable bonds is 4. The summed E-state index contributed by atoms with van der Waals surface area (Å²) in [5.41, 5.74) is 3.90. The number of benzene rings is 1. The van der Waals surface area contributed by atoms with Gasteiger partial charge in [0.05, 0.1) is 5.69 Å². The molecule has 3 aromatic rings. The van der Waals surface area contributed by atoms with Crippen LogP contribution in [0.2, 0.25) is 0 Å². The first-order valence-corrected chi connectivity index (χ1v) is 6.97. The van der Waals surface area contributed by atoms with Crippen LogP contribution < -0.4 is 10.6 Å². The summed E-state index contributed by atoms with van der Waals surface area (Å²) in [4.78, 5) is 16.7. The molecular weight excluding hydrogens is 294 g/mol. The van der Waals surface area contributed by atoms with Gasteiger partial charge in [-0.15, -0.1) is 5.10 Å². The Morgan fingerprint density at radius 2 is 1.96 bits per heavy atom. The summed E-state index contributed by atoms with van der Waals surface area (Å²) in [6, 6.07) is 11.5. The molecule has 0 unspecified atom stereocenters. The van der Waals surface area contributed by atoms with Crippen molar-refractivity contribution in [1.29, 1.82) is 0 Å². The van der Waals surface area contributed by atoms with Crippen molar-refractivity contribution >= 4 is 17.5 Å². The second-order valence-corrected chi connectivity index (χ2v) is 4.93. The first-order chi connectivity index (χ1) is 11.2. The third-order valence-corrected chi connectivity index (χ3v) is 3.24. The van der Waals surface area contributed by atoms with Crippen molar-refractivity contribution in [2.45, 2.75) is 6.92 Å². The van der Waals surface area contributed by atoms with Crippen LogP contribution in [0.4, 0.5) is 11.6 Å². The highest BCUT2D eigenvalue weighted by atomic mass is 16.2. The summed E-state index contributed by atoms with van der Waals surface area (Å²) in [5, 5.41) is 18.6. The number of aryl methyl sites for hydroxylation is 1. The van der Waals surface area contributed by atoms with Gasteiger partial charge in [0.15, 0.2) is 0 Å². The predicted octanol–water partition coefficient (Wildman–Crippen LogP) is 1.86. The van der Waals surface area contributed by atoms with E-state index in [2.05, 4.69) is 36.2 Å². The first-order valence-electron chi connectivity index (χ1n) is 6.97. The topological polar surface area (TPSA) is 108 Å². The molecule has 2 heterocycles. The van der Waals surface area contributed by atoms with Crippen LogP contribution in [0.5, 0.6) is 0 Å². The number of aromatic nitrogens is 5. The molecule has 0 radical (unpaired) electrons. The Bertz CT molecular complexity index is 812. The quantitative estimate of drug-likeness (QED) is 0.679. The monoisotopic (exact) mass is 309 g/mol. The van der Waals surface area contributed by atoms with E-state index < -0.39 is 0 Å². The van der Waals surface area contributed by atoms with Crippen LogP contribution in [-0.4, -0.2) is 38.6 Å². The smallest absolute Gasteiger partial charge is 0.276 e. The van der Waals surface area contributed by atoms with E-state index in [-0.39, 0.29) is 11.9 Å². The average Bonchev–Trinajstić information content (AvgIpc) is 3.07. The molecule has 8 nitrogen and oxygen atoms in total. The number of carbonyl (C=O) groups is 1. The van der Waals surface area contributed by atoms with Gasteiger partial charge >= 0.3 is 0 Å². The van der Waals surface area contributed by atoms with Crippen LogP contribution in [0.25, 0.3) is 11.3 Å². The number of tetrazole rings is 1. The maximum atomic E-state index is 12.2. The lowest BCUT2D eigenvalue weighted by atomic mass is 10.1. The Morgan fingerprint density at radius 3 is 2.61 bits per heavy atom. The zero-order valence-electron chi connectivity index (χ0n) is 12.7. The first kappa shape index (κ1) is 14.6. The van der Waals surface area contributed by atoms with E-state index in [9.17, 15) is 4.79 Å². The SMILES string of the molecule is CNc1ccc(-c2cc(C)cc(C(=O)Nc3nn[nH]n3)n2)cc1. The van der Waals surface area contributed by atoms with Gasteiger partial charge in [0.1, 0.15) is 5.69 Å². The van der Waals surface area contributed by atoms with Gasteiger partial charge in [-0.1, -0.05) is 17.2 Å². The highest BCUT2D eigenvalue weighted by Gasteiger charge is 2.12. The van der Waals surface area contributed by atoms with Gasteiger partial charge in [0, 0.05) is 18.3 Å². The van der Waals surface area contributed by atoms with Gasteiger partial charge < -0.3 is 5.32 Å². The Kier molecular flexibility index (Phi) is 3.96. The van der Waals surface area contributed by atoms with E-state index in [4.69, 9.17) is 0 Å². The fourth-order valence-electron chi connectivity index (χ4n) is 2.12. The Hall–Kier alpha value is -3.29. The largest absolute Gasteiger partial charge is 0.388 e. The zero-order valence-corrected chi connectivity index (χ0v) is 12.7. The molecule has 1 aromatic carbocycles. The standard InChI is InChI=1S/C15H15N7O/c1-9-7-12(10-3-5-11(16-2)6-4-10)17-13(8-9)14(23)18-15-19-21-22-20-15/h3-8,16H,1-2H3,(H2,18,19,20,21,22,23). The minimum absolute atomic E-state index is 0.109. The van der Waals surface area contributed by atoms with Crippen LogP contribution in [0.3, 0.4) is 0 Å². The van der Waals surface area contributed by atoms with E-state index in [1.54, 1.807) is 6.07 Å². The minimum Gasteiger partial charge on any atom is -0.388 e. The van der Waals surface area contributed by atoms with Crippen LogP contribution >= 0.6 is 0 Å². The van der Waals surface area contributed by atoms with E-state index in [1.807, 2.05) is 44.3 Å². The Balaban J connectivity index is 1.90. The van der Waals surface area contributed by atoms with Crippen LogP contribution in [0.1, 0.15) is 16.1 Å². The molecule has 0 saturated heterocycles. The van der Waals surface area contributed by atoms with Crippen molar-refractivity contribution in [1.82, 2.24) is 25.6 Å². The summed E-state index contributed by atoms with van der Waals surface area (Å²) >= 11 is 0. The number of H-pyrrole nitrogens is 1. The fourth-order valence-corrected chi connectivity index (χ4v) is 2.12. The number of aromatic amines is 1. The van der Waals surface area contributed by atoms with Crippen LogP contribution in [0, 0.1) is 6.92 Å². The average molecular weight is 309 g/mol. The van der Waals surface area contributed by atoms with Crippen molar-refractivity contribution in [3.63, 3.8) is 0 Å². The minimum atomic E-state index is -0.386. The molecule has 3 N–H and O–H groups in total. The number of nitrogens with zero attached hydrogens (tertiary/aromatic N) is 4. The maximum Gasteiger partial charge on any atom is 0.276 e. The normalized spacial score (nSPS) is 10.3. The number of hydrogen-bond acceptors (Lipinski definition) is 6. The van der Waals surface area contributed by atoms with Crippen molar-refractivity contribution in [2.24, 2.45) is 0 Å². The van der Waals surface area contributed by atoms with Gasteiger partial charge in [-0.05, 0) is 42.0 Å². The molecule has 0 aliphatic rings. The predicted molar refractivity (Wildman–Crippen MR) is 86.1 cm³/mol. The molecule has 0 fully saturated rings. The number of nitrogens with one attached hydrogen (secondary N) is 3. The Morgan fingerprint density at radius 1 is 1.17 bits per heavy atom. The van der Waals surface area contributed by atoms with E-state index in [0.29, 0.717) is 5.69 Å². The molecule has 0 bridgehead atoms. The number of pyridine rings is 1. The molecule has 1 amide bonds. The molecule has 0 spiro atoms. The molecule has 0 atom stereocenters. The summed E-state index contributed by atoms with van der Waals surface area (Å²) < 4.78 is 0. The zero-order chi connectivity index (χ0) is 16.2. The summed E-state index contributed by atoms with van der Waals surface area (Å²) in [5.74, 6) is -0.276. The van der Waals surface area contributed by atoms with Crippen LogP contribution in [0.15, 0.2) is 36.4 Å². The third-order valence-electron chi connectivity index (χ3n) is 3.24. The lowest BCUT2D eigenvalue weighted by molar-refractivity contribution is 0.102. The van der Waals surface area contributed by atoms with Crippen molar-refractivity contribution in [3.05, 3.63) is 47.7 Å². The van der Waals surface area contributed by atoms with Gasteiger partial charge in [-0.3, -0.25) is 10.1 Å². The molecule has 8 heteroatoms. The van der Waals surface area contributed by atoms with Gasteiger partial charge in [-0.25, -0.2) is 4.98 Å². The third kappa shape index (κ3) is 3.31. The summed E-state index contributed by atoms with van der Waals surface area (Å²) in [6.07, 6.45) is 0. The summed E-state index contributed by atoms with van der Waals surface area (Å²) in [6.45, 7) is 1.91. The molecule has 116 valence electrons. The molecule has 0 saturated carbocycles. The fraction of sp³-hybridized carbons (Fsp3) is 0.133. The lowest BCUT2D eigenvalue weighted by Crippen LogP contribution is -2.15. The molecule has 0 aliphatic heterocycles. The second kappa shape index (κ2) is 6.22. The Labute approximate surface area is 132 Å². The van der Waals surface area contributed by atoms with Crippen molar-refractivity contribution in [3.8, 4) is 11.3 Å².